The van der Waals surface area contributed by atoms with Crippen LogP contribution in [-0.2, 0) is 14.9 Å². The van der Waals surface area contributed by atoms with Crippen LogP contribution in [0.2, 0.25) is 0 Å². The fourth-order valence-electron chi connectivity index (χ4n) is 3.98. The van der Waals surface area contributed by atoms with E-state index in [0.29, 0.717) is 18.5 Å². The molecule has 7 heteroatoms. The Bertz CT molecular complexity index is 950. The van der Waals surface area contributed by atoms with Gasteiger partial charge >= 0.3 is 0 Å². The zero-order valence-corrected chi connectivity index (χ0v) is 15.6. The van der Waals surface area contributed by atoms with Gasteiger partial charge in [-0.1, -0.05) is 0 Å². The molecule has 1 aromatic carbocycles. The second-order valence-electron chi connectivity index (χ2n) is 7.85. The predicted octanol–water partition coefficient (Wildman–Crippen LogP) is 1.19. The molecule has 7 nitrogen and oxygen atoms in total. The van der Waals surface area contributed by atoms with Gasteiger partial charge in [0.15, 0.2) is 0 Å². The highest BCUT2D eigenvalue weighted by molar-refractivity contribution is 6.10. The molecule has 138 valence electrons. The molecule has 1 aromatic heterocycles. The molecule has 0 spiro atoms. The number of carbonyl (C=O) groups excluding carboxylic acids is 1. The van der Waals surface area contributed by atoms with Crippen molar-refractivity contribution in [3.63, 3.8) is 0 Å². The van der Waals surface area contributed by atoms with Crippen molar-refractivity contribution in [2.24, 2.45) is 0 Å². The minimum Gasteiger partial charge on any atom is -0.374 e. The van der Waals surface area contributed by atoms with Crippen LogP contribution in [0, 0.1) is 6.92 Å². The lowest BCUT2D eigenvalue weighted by Gasteiger charge is -2.33. The van der Waals surface area contributed by atoms with Crippen LogP contribution in [0.25, 0.3) is 10.8 Å². The molecular formula is C19H24N4O3. The Morgan fingerprint density at radius 2 is 2.08 bits per heavy atom. The first-order chi connectivity index (χ1) is 12.3. The summed E-state index contributed by atoms with van der Waals surface area (Å²) < 4.78 is 5.86. The number of H-pyrrole nitrogens is 1. The average Bonchev–Trinajstić information content (AvgIpc) is 2.78. The summed E-state index contributed by atoms with van der Waals surface area (Å²) in [6, 6.07) is 3.78. The van der Waals surface area contributed by atoms with E-state index in [2.05, 4.69) is 22.1 Å². The number of aromatic nitrogens is 2. The molecule has 2 aliphatic heterocycles. The molecule has 0 aliphatic carbocycles. The molecule has 0 saturated carbocycles. The van der Waals surface area contributed by atoms with Gasteiger partial charge in [0.05, 0.1) is 35.8 Å². The number of rotatable bonds is 2. The van der Waals surface area contributed by atoms with Crippen LogP contribution in [0.3, 0.4) is 0 Å². The standard InChI is InChI=1S/C19H24N4O3/c1-11-13-7-15-16(8-14(13)17(24)21-20-11)23(18(25)19(15,2)3)10-12-9-22(4)5-6-26-12/h7-8,12H,5-6,9-10H2,1-4H3,(H,21,24). The van der Waals surface area contributed by atoms with Crippen LogP contribution in [-0.4, -0.2) is 60.4 Å². The summed E-state index contributed by atoms with van der Waals surface area (Å²) in [6.07, 6.45) is -0.0346. The average molecular weight is 356 g/mol. The number of hydrogen-bond donors (Lipinski definition) is 1. The van der Waals surface area contributed by atoms with Gasteiger partial charge in [-0.2, -0.15) is 5.10 Å². The molecular weight excluding hydrogens is 332 g/mol. The van der Waals surface area contributed by atoms with Gasteiger partial charge in [0.2, 0.25) is 5.91 Å². The monoisotopic (exact) mass is 356 g/mol. The zero-order chi connectivity index (χ0) is 18.6. The first-order valence-corrected chi connectivity index (χ1v) is 8.94. The van der Waals surface area contributed by atoms with Crippen molar-refractivity contribution in [3.05, 3.63) is 33.7 Å². The Balaban J connectivity index is 1.82. The predicted molar refractivity (Wildman–Crippen MR) is 99.7 cm³/mol. The van der Waals surface area contributed by atoms with E-state index in [1.807, 2.05) is 32.9 Å². The van der Waals surface area contributed by atoms with Crippen molar-refractivity contribution < 1.29 is 9.53 Å². The summed E-state index contributed by atoms with van der Waals surface area (Å²) in [5.74, 6) is 0.0432. The lowest BCUT2D eigenvalue weighted by atomic mass is 9.85. The number of ether oxygens (including phenoxy) is 1. The van der Waals surface area contributed by atoms with Crippen molar-refractivity contribution in [2.75, 3.05) is 38.2 Å². The molecule has 1 saturated heterocycles. The number of hydrogen-bond acceptors (Lipinski definition) is 5. The first kappa shape index (κ1) is 17.2. The van der Waals surface area contributed by atoms with Crippen LogP contribution in [0.4, 0.5) is 5.69 Å². The number of aromatic amines is 1. The number of amides is 1. The van der Waals surface area contributed by atoms with Gasteiger partial charge in [-0.05, 0) is 45.5 Å². The molecule has 0 bridgehead atoms. The molecule has 1 atom stereocenters. The molecule has 2 aromatic rings. The fraction of sp³-hybridized carbons (Fsp3) is 0.526. The van der Waals surface area contributed by atoms with Gasteiger partial charge in [-0.3, -0.25) is 9.59 Å². The Labute approximate surface area is 151 Å². The van der Waals surface area contributed by atoms with E-state index >= 15 is 0 Å². The minimum absolute atomic E-state index is 0.0346. The van der Waals surface area contributed by atoms with E-state index in [1.165, 1.54) is 0 Å². The molecule has 1 fully saturated rings. The largest absolute Gasteiger partial charge is 0.374 e. The number of nitrogens with one attached hydrogen (secondary N) is 1. The third-order valence-corrected chi connectivity index (χ3v) is 5.57. The number of carbonyl (C=O) groups is 1. The third kappa shape index (κ3) is 2.54. The quantitative estimate of drug-likeness (QED) is 0.874. The summed E-state index contributed by atoms with van der Waals surface area (Å²) in [5, 5.41) is 7.94. The number of morpholine rings is 1. The van der Waals surface area contributed by atoms with Gasteiger partial charge in [-0.25, -0.2) is 5.10 Å². The minimum atomic E-state index is -0.640. The van der Waals surface area contributed by atoms with E-state index < -0.39 is 5.41 Å². The second kappa shape index (κ2) is 5.89. The maximum absolute atomic E-state index is 13.1. The second-order valence-corrected chi connectivity index (χ2v) is 7.85. The van der Waals surface area contributed by atoms with Crippen LogP contribution in [0.15, 0.2) is 16.9 Å². The van der Waals surface area contributed by atoms with Crippen molar-refractivity contribution in [3.8, 4) is 0 Å². The molecule has 1 amide bonds. The number of anilines is 1. The van der Waals surface area contributed by atoms with Crippen LogP contribution >= 0.6 is 0 Å². The molecule has 2 aliphatic rings. The van der Waals surface area contributed by atoms with Gasteiger partial charge in [-0.15, -0.1) is 0 Å². The van der Waals surface area contributed by atoms with E-state index in [0.717, 1.165) is 35.4 Å². The van der Waals surface area contributed by atoms with Crippen molar-refractivity contribution in [2.45, 2.75) is 32.3 Å². The molecule has 0 radical (unpaired) electrons. The Morgan fingerprint density at radius 3 is 2.81 bits per heavy atom. The van der Waals surface area contributed by atoms with Crippen molar-refractivity contribution in [1.29, 1.82) is 0 Å². The topological polar surface area (TPSA) is 78.5 Å². The van der Waals surface area contributed by atoms with Crippen LogP contribution in [0.1, 0.15) is 25.1 Å². The summed E-state index contributed by atoms with van der Waals surface area (Å²) >= 11 is 0. The lowest BCUT2D eigenvalue weighted by molar-refractivity contribution is -0.122. The molecule has 26 heavy (non-hydrogen) atoms. The number of likely N-dealkylation sites (N-methyl/N-ethyl adjacent to an activating group) is 1. The van der Waals surface area contributed by atoms with E-state index in [9.17, 15) is 9.59 Å². The fourth-order valence-corrected chi connectivity index (χ4v) is 3.98. The van der Waals surface area contributed by atoms with Crippen molar-refractivity contribution in [1.82, 2.24) is 15.1 Å². The first-order valence-electron chi connectivity index (χ1n) is 8.94. The van der Waals surface area contributed by atoms with Gasteiger partial charge in [0.25, 0.3) is 5.56 Å². The number of benzene rings is 1. The lowest BCUT2D eigenvalue weighted by Crippen LogP contribution is -2.48. The van der Waals surface area contributed by atoms with Gasteiger partial charge in [0, 0.05) is 24.2 Å². The van der Waals surface area contributed by atoms with Gasteiger partial charge in [0.1, 0.15) is 0 Å². The van der Waals surface area contributed by atoms with E-state index in [4.69, 9.17) is 4.74 Å². The van der Waals surface area contributed by atoms with E-state index in [-0.39, 0.29) is 17.6 Å². The summed E-state index contributed by atoms with van der Waals surface area (Å²) in [7, 11) is 2.06. The zero-order valence-electron chi connectivity index (χ0n) is 15.6. The highest BCUT2D eigenvalue weighted by Gasteiger charge is 2.45. The number of aryl methyl sites for hydroxylation is 1. The normalized spacial score (nSPS) is 22.8. The third-order valence-electron chi connectivity index (χ3n) is 5.57. The van der Waals surface area contributed by atoms with Crippen LogP contribution in [0.5, 0.6) is 0 Å². The number of fused-ring (bicyclic) bond motifs is 2. The van der Waals surface area contributed by atoms with Crippen molar-refractivity contribution >= 4 is 22.4 Å². The number of nitrogens with zero attached hydrogens (tertiary/aromatic N) is 3. The maximum Gasteiger partial charge on any atom is 0.272 e. The molecule has 1 N–H and O–H groups in total. The highest BCUT2D eigenvalue weighted by Crippen LogP contribution is 2.43. The smallest absolute Gasteiger partial charge is 0.272 e. The van der Waals surface area contributed by atoms with Gasteiger partial charge < -0.3 is 14.5 Å². The van der Waals surface area contributed by atoms with Crippen LogP contribution < -0.4 is 10.5 Å². The maximum atomic E-state index is 13.1. The summed E-state index contributed by atoms with van der Waals surface area (Å²) in [5.41, 5.74) is 1.62. The SMILES string of the molecule is Cc1n[nH]c(=O)c2cc3c(cc12)C(C)(C)C(=O)N3CC1CN(C)CCO1. The Morgan fingerprint density at radius 1 is 1.31 bits per heavy atom. The highest BCUT2D eigenvalue weighted by atomic mass is 16.5. The molecule has 3 heterocycles. The molecule has 1 unspecified atom stereocenters. The Kier molecular flexibility index (Phi) is 3.89. The molecule has 4 rings (SSSR count). The summed E-state index contributed by atoms with van der Waals surface area (Å²) in [4.78, 5) is 29.4. The summed E-state index contributed by atoms with van der Waals surface area (Å²) in [6.45, 7) is 8.58. The van der Waals surface area contributed by atoms with E-state index in [1.54, 1.807) is 4.90 Å². The Hall–Kier alpha value is -2.25.